The predicted molar refractivity (Wildman–Crippen MR) is 76.6 cm³/mol. The SMILES string of the molecule is CCc1nnc(NC(=O)CNC(=O)c2ccccc2F)s1. The van der Waals surface area contributed by atoms with Crippen molar-refractivity contribution in [2.45, 2.75) is 13.3 Å². The molecular formula is C13H13FN4O2S. The van der Waals surface area contributed by atoms with E-state index >= 15 is 0 Å². The van der Waals surface area contributed by atoms with Crippen molar-refractivity contribution in [1.29, 1.82) is 0 Å². The second-order valence-corrected chi connectivity index (χ2v) is 5.13. The summed E-state index contributed by atoms with van der Waals surface area (Å²) in [5.41, 5.74) is -0.102. The number of rotatable bonds is 5. The molecule has 110 valence electrons. The van der Waals surface area contributed by atoms with E-state index < -0.39 is 17.6 Å². The van der Waals surface area contributed by atoms with Crippen molar-refractivity contribution in [2.75, 3.05) is 11.9 Å². The fourth-order valence-electron chi connectivity index (χ4n) is 1.51. The summed E-state index contributed by atoms with van der Waals surface area (Å²) in [5, 5.41) is 13.7. The van der Waals surface area contributed by atoms with Crippen molar-refractivity contribution in [3.8, 4) is 0 Å². The summed E-state index contributed by atoms with van der Waals surface area (Å²) in [5.74, 6) is -1.72. The number of aromatic nitrogens is 2. The number of carbonyl (C=O) groups is 2. The van der Waals surface area contributed by atoms with Crippen LogP contribution < -0.4 is 10.6 Å². The highest BCUT2D eigenvalue weighted by atomic mass is 32.1. The van der Waals surface area contributed by atoms with Gasteiger partial charge in [-0.3, -0.25) is 14.9 Å². The summed E-state index contributed by atoms with van der Waals surface area (Å²) in [6.07, 6.45) is 0.734. The largest absolute Gasteiger partial charge is 0.343 e. The van der Waals surface area contributed by atoms with E-state index in [1.54, 1.807) is 6.07 Å². The van der Waals surface area contributed by atoms with E-state index in [2.05, 4.69) is 20.8 Å². The van der Waals surface area contributed by atoms with E-state index in [-0.39, 0.29) is 12.1 Å². The third-order valence-corrected chi connectivity index (χ3v) is 3.53. The number of amides is 2. The van der Waals surface area contributed by atoms with Crippen LogP contribution >= 0.6 is 11.3 Å². The van der Waals surface area contributed by atoms with Gasteiger partial charge in [0.05, 0.1) is 12.1 Å². The first-order chi connectivity index (χ1) is 10.1. The molecule has 21 heavy (non-hydrogen) atoms. The first-order valence-electron chi connectivity index (χ1n) is 6.25. The molecule has 1 aromatic heterocycles. The lowest BCUT2D eigenvalue weighted by Crippen LogP contribution is -2.33. The topological polar surface area (TPSA) is 84.0 Å². The lowest BCUT2D eigenvalue weighted by atomic mass is 10.2. The summed E-state index contributed by atoms with van der Waals surface area (Å²) < 4.78 is 13.4. The number of nitrogens with one attached hydrogen (secondary N) is 2. The molecule has 0 aliphatic heterocycles. The molecule has 0 unspecified atom stereocenters. The highest BCUT2D eigenvalue weighted by molar-refractivity contribution is 7.15. The number of nitrogens with zero attached hydrogens (tertiary/aromatic N) is 2. The van der Waals surface area contributed by atoms with Gasteiger partial charge in [0.1, 0.15) is 10.8 Å². The minimum atomic E-state index is -0.644. The van der Waals surface area contributed by atoms with E-state index in [1.165, 1.54) is 29.5 Å². The summed E-state index contributed by atoms with van der Waals surface area (Å²) in [6.45, 7) is 1.66. The zero-order valence-electron chi connectivity index (χ0n) is 11.2. The molecule has 0 saturated heterocycles. The Balaban J connectivity index is 1.86. The van der Waals surface area contributed by atoms with Crippen molar-refractivity contribution < 1.29 is 14.0 Å². The standard InChI is InChI=1S/C13H13FN4O2S/c1-2-11-17-18-13(21-11)16-10(19)7-15-12(20)8-5-3-4-6-9(8)14/h3-6H,2,7H2,1H3,(H,15,20)(H,16,18,19). The minimum Gasteiger partial charge on any atom is -0.343 e. The van der Waals surface area contributed by atoms with Crippen LogP contribution in [0, 0.1) is 5.82 Å². The molecule has 0 fully saturated rings. The van der Waals surface area contributed by atoms with Gasteiger partial charge in [-0.25, -0.2) is 4.39 Å². The van der Waals surface area contributed by atoms with Gasteiger partial charge in [0.25, 0.3) is 5.91 Å². The molecule has 2 N–H and O–H groups in total. The van der Waals surface area contributed by atoms with Crippen molar-refractivity contribution in [2.24, 2.45) is 0 Å². The number of anilines is 1. The van der Waals surface area contributed by atoms with Crippen LogP contribution in [0.1, 0.15) is 22.3 Å². The molecule has 0 aliphatic carbocycles. The molecule has 0 atom stereocenters. The van der Waals surface area contributed by atoms with Crippen molar-refractivity contribution in [3.63, 3.8) is 0 Å². The molecule has 1 heterocycles. The average Bonchev–Trinajstić information content (AvgIpc) is 2.93. The molecule has 2 amide bonds. The molecule has 0 radical (unpaired) electrons. The zero-order valence-corrected chi connectivity index (χ0v) is 12.0. The second kappa shape index (κ2) is 6.89. The molecule has 0 saturated carbocycles. The van der Waals surface area contributed by atoms with Crippen LogP contribution in [0.15, 0.2) is 24.3 Å². The predicted octanol–water partition coefficient (Wildman–Crippen LogP) is 1.61. The monoisotopic (exact) mass is 308 g/mol. The van der Waals surface area contributed by atoms with Crippen LogP contribution in [-0.2, 0) is 11.2 Å². The molecule has 0 spiro atoms. The smallest absolute Gasteiger partial charge is 0.254 e. The highest BCUT2D eigenvalue weighted by Crippen LogP contribution is 2.14. The number of benzene rings is 1. The van der Waals surface area contributed by atoms with Gasteiger partial charge < -0.3 is 5.32 Å². The van der Waals surface area contributed by atoms with E-state index in [4.69, 9.17) is 0 Å². The molecule has 0 aliphatic rings. The van der Waals surface area contributed by atoms with Gasteiger partial charge in [-0.1, -0.05) is 30.4 Å². The minimum absolute atomic E-state index is 0.102. The molecule has 0 bridgehead atoms. The molecule has 1 aromatic carbocycles. The lowest BCUT2D eigenvalue weighted by molar-refractivity contribution is -0.115. The summed E-state index contributed by atoms with van der Waals surface area (Å²) >= 11 is 1.27. The molecule has 2 rings (SSSR count). The number of carbonyl (C=O) groups excluding carboxylic acids is 2. The Kier molecular flexibility index (Phi) is 4.94. The van der Waals surface area contributed by atoms with Gasteiger partial charge in [-0.2, -0.15) is 0 Å². The lowest BCUT2D eigenvalue weighted by Gasteiger charge is -2.05. The number of aryl methyl sites for hydroxylation is 1. The van der Waals surface area contributed by atoms with Crippen molar-refractivity contribution in [3.05, 3.63) is 40.7 Å². The Morgan fingerprint density at radius 2 is 2.05 bits per heavy atom. The number of hydrogen-bond acceptors (Lipinski definition) is 5. The van der Waals surface area contributed by atoms with Crippen LogP contribution in [0.3, 0.4) is 0 Å². The average molecular weight is 308 g/mol. The van der Waals surface area contributed by atoms with Gasteiger partial charge >= 0.3 is 0 Å². The van der Waals surface area contributed by atoms with Crippen molar-refractivity contribution in [1.82, 2.24) is 15.5 Å². The Morgan fingerprint density at radius 3 is 2.71 bits per heavy atom. The quantitative estimate of drug-likeness (QED) is 0.879. The fourth-order valence-corrected chi connectivity index (χ4v) is 2.21. The maximum atomic E-state index is 13.4. The van der Waals surface area contributed by atoms with Gasteiger partial charge in [-0.15, -0.1) is 10.2 Å². The molecule has 8 heteroatoms. The van der Waals surface area contributed by atoms with Crippen molar-refractivity contribution >= 4 is 28.3 Å². The van der Waals surface area contributed by atoms with E-state index in [0.29, 0.717) is 5.13 Å². The van der Waals surface area contributed by atoms with Gasteiger partial charge in [0.2, 0.25) is 11.0 Å². The van der Waals surface area contributed by atoms with Crippen LogP contribution in [0.2, 0.25) is 0 Å². The Hall–Kier alpha value is -2.35. The molecule has 2 aromatic rings. The summed E-state index contributed by atoms with van der Waals surface area (Å²) in [6, 6.07) is 5.56. The zero-order chi connectivity index (χ0) is 15.2. The Bertz CT molecular complexity index is 659. The van der Waals surface area contributed by atoms with Gasteiger partial charge in [0, 0.05) is 0 Å². The van der Waals surface area contributed by atoms with Gasteiger partial charge in [0.15, 0.2) is 0 Å². The van der Waals surface area contributed by atoms with E-state index in [1.807, 2.05) is 6.92 Å². The first kappa shape index (κ1) is 15.0. The third-order valence-electron chi connectivity index (χ3n) is 2.54. The Labute approximate surface area is 124 Å². The van der Waals surface area contributed by atoms with Crippen LogP contribution in [0.25, 0.3) is 0 Å². The highest BCUT2D eigenvalue weighted by Gasteiger charge is 2.13. The third kappa shape index (κ3) is 4.06. The van der Waals surface area contributed by atoms with E-state index in [0.717, 1.165) is 11.4 Å². The van der Waals surface area contributed by atoms with Gasteiger partial charge in [-0.05, 0) is 18.6 Å². The first-order valence-corrected chi connectivity index (χ1v) is 7.06. The second-order valence-electron chi connectivity index (χ2n) is 4.07. The Morgan fingerprint density at radius 1 is 1.29 bits per heavy atom. The number of hydrogen-bond donors (Lipinski definition) is 2. The normalized spacial score (nSPS) is 10.2. The summed E-state index contributed by atoms with van der Waals surface area (Å²) in [4.78, 5) is 23.4. The van der Waals surface area contributed by atoms with Crippen LogP contribution in [-0.4, -0.2) is 28.6 Å². The fraction of sp³-hybridized carbons (Fsp3) is 0.231. The number of halogens is 1. The molecule has 6 nitrogen and oxygen atoms in total. The maximum absolute atomic E-state index is 13.4. The van der Waals surface area contributed by atoms with E-state index in [9.17, 15) is 14.0 Å². The molecular weight excluding hydrogens is 295 g/mol. The van der Waals surface area contributed by atoms with Crippen LogP contribution in [0.4, 0.5) is 9.52 Å². The summed E-state index contributed by atoms with van der Waals surface area (Å²) in [7, 11) is 0. The maximum Gasteiger partial charge on any atom is 0.254 e. The van der Waals surface area contributed by atoms with Crippen LogP contribution in [0.5, 0.6) is 0 Å².